The molecule has 8 nitrogen and oxygen atoms in total. The first-order valence-corrected chi connectivity index (χ1v) is 9.58. The maximum Gasteiger partial charge on any atom is 0.306 e. The summed E-state index contributed by atoms with van der Waals surface area (Å²) in [6.07, 6.45) is -0.135. The molecule has 3 rings (SSSR count). The lowest BCUT2D eigenvalue weighted by molar-refractivity contribution is -0.147. The van der Waals surface area contributed by atoms with E-state index in [0.717, 1.165) is 5.69 Å². The molecule has 0 saturated heterocycles. The van der Waals surface area contributed by atoms with E-state index < -0.39 is 18.5 Å². The predicted octanol–water partition coefficient (Wildman–Crippen LogP) is 2.67. The summed E-state index contributed by atoms with van der Waals surface area (Å²) in [6, 6.07) is 12.2. The predicted molar refractivity (Wildman–Crippen MR) is 111 cm³/mol. The molecule has 1 aliphatic heterocycles. The fourth-order valence-corrected chi connectivity index (χ4v) is 2.83. The summed E-state index contributed by atoms with van der Waals surface area (Å²) in [7, 11) is 3.84. The molecule has 0 spiro atoms. The maximum absolute atomic E-state index is 12.3. The van der Waals surface area contributed by atoms with Crippen molar-refractivity contribution in [1.29, 1.82) is 0 Å². The van der Waals surface area contributed by atoms with Crippen molar-refractivity contribution >= 4 is 29.0 Å². The third-order valence-corrected chi connectivity index (χ3v) is 4.45. The van der Waals surface area contributed by atoms with Crippen molar-refractivity contribution in [2.75, 3.05) is 44.1 Å². The minimum absolute atomic E-state index is 0.0217. The van der Waals surface area contributed by atoms with E-state index in [1.807, 2.05) is 31.1 Å². The first-order valence-electron chi connectivity index (χ1n) is 9.58. The highest BCUT2D eigenvalue weighted by Gasteiger charge is 2.16. The molecule has 1 aliphatic rings. The number of carbonyl (C=O) groups is 3. The Hall–Kier alpha value is -3.55. The molecule has 0 fully saturated rings. The molecule has 0 saturated carbocycles. The molecule has 0 atom stereocenters. The second kappa shape index (κ2) is 9.78. The topological polar surface area (TPSA) is 94.2 Å². The van der Waals surface area contributed by atoms with E-state index >= 15 is 0 Å². The van der Waals surface area contributed by atoms with Crippen LogP contribution < -0.4 is 19.7 Å². The minimum Gasteiger partial charge on any atom is -0.486 e. The molecule has 1 N–H and O–H groups in total. The second-order valence-corrected chi connectivity index (χ2v) is 6.93. The van der Waals surface area contributed by atoms with Gasteiger partial charge in [0.1, 0.15) is 13.2 Å². The zero-order valence-corrected chi connectivity index (χ0v) is 17.0. The molecule has 8 heteroatoms. The van der Waals surface area contributed by atoms with Gasteiger partial charge in [-0.05, 0) is 42.5 Å². The average molecular weight is 412 g/mol. The molecule has 0 radical (unpaired) electrons. The summed E-state index contributed by atoms with van der Waals surface area (Å²) in [5.41, 5.74) is 2.04. The summed E-state index contributed by atoms with van der Waals surface area (Å²) >= 11 is 0. The van der Waals surface area contributed by atoms with Crippen molar-refractivity contribution in [1.82, 2.24) is 0 Å². The summed E-state index contributed by atoms with van der Waals surface area (Å²) in [5.74, 6) is -0.156. The van der Waals surface area contributed by atoms with Gasteiger partial charge in [0.15, 0.2) is 23.9 Å². The standard InChI is InChI=1S/C22H24N2O6/c1-24(2)17-6-4-16(5-7-17)23-21(26)14-30-22(27)10-8-18(25)15-3-9-19-20(13-15)29-12-11-28-19/h3-7,9,13H,8,10-12,14H2,1-2H3,(H,23,26). The molecular formula is C22H24N2O6. The number of ketones is 1. The number of anilines is 2. The number of esters is 1. The Bertz CT molecular complexity index is 924. The van der Waals surface area contributed by atoms with E-state index in [1.54, 1.807) is 30.3 Å². The Kier molecular flexibility index (Phi) is 6.90. The number of Topliss-reactive ketones (excluding diaryl/α,β-unsaturated/α-hetero) is 1. The number of nitrogens with zero attached hydrogens (tertiary/aromatic N) is 1. The van der Waals surface area contributed by atoms with Crippen LogP contribution >= 0.6 is 0 Å². The Morgan fingerprint density at radius 1 is 0.967 bits per heavy atom. The molecule has 0 aromatic heterocycles. The first kappa shape index (κ1) is 21.2. The Morgan fingerprint density at radius 3 is 2.37 bits per heavy atom. The largest absolute Gasteiger partial charge is 0.486 e. The number of carbonyl (C=O) groups excluding carboxylic acids is 3. The molecule has 1 amide bonds. The van der Waals surface area contributed by atoms with Crippen LogP contribution in [0.25, 0.3) is 0 Å². The summed E-state index contributed by atoms with van der Waals surface area (Å²) in [5, 5.41) is 2.66. The van der Waals surface area contributed by atoms with Crippen molar-refractivity contribution in [3.05, 3.63) is 48.0 Å². The zero-order valence-electron chi connectivity index (χ0n) is 17.0. The Labute approximate surface area is 174 Å². The van der Waals surface area contributed by atoms with E-state index in [9.17, 15) is 14.4 Å². The van der Waals surface area contributed by atoms with Crippen LogP contribution in [-0.2, 0) is 14.3 Å². The smallest absolute Gasteiger partial charge is 0.306 e. The zero-order chi connectivity index (χ0) is 21.5. The van der Waals surface area contributed by atoms with Gasteiger partial charge in [-0.1, -0.05) is 0 Å². The van der Waals surface area contributed by atoms with E-state index in [0.29, 0.717) is 36.0 Å². The molecule has 2 aromatic carbocycles. The monoisotopic (exact) mass is 412 g/mol. The SMILES string of the molecule is CN(C)c1ccc(NC(=O)COC(=O)CCC(=O)c2ccc3c(c2)OCCO3)cc1. The van der Waals surface area contributed by atoms with Crippen LogP contribution in [0.4, 0.5) is 11.4 Å². The van der Waals surface area contributed by atoms with Gasteiger partial charge in [0.25, 0.3) is 5.91 Å². The second-order valence-electron chi connectivity index (χ2n) is 6.93. The summed E-state index contributed by atoms with van der Waals surface area (Å²) in [4.78, 5) is 38.1. The van der Waals surface area contributed by atoms with Gasteiger partial charge >= 0.3 is 5.97 Å². The molecule has 158 valence electrons. The highest BCUT2D eigenvalue weighted by atomic mass is 16.6. The summed E-state index contributed by atoms with van der Waals surface area (Å²) in [6.45, 7) is 0.492. The van der Waals surface area contributed by atoms with Crippen molar-refractivity contribution in [3.8, 4) is 11.5 Å². The van der Waals surface area contributed by atoms with E-state index in [2.05, 4.69) is 5.32 Å². The number of rotatable bonds is 8. The van der Waals surface area contributed by atoms with Crippen molar-refractivity contribution in [3.63, 3.8) is 0 Å². The average Bonchev–Trinajstić information content (AvgIpc) is 2.76. The Morgan fingerprint density at radius 2 is 1.67 bits per heavy atom. The van der Waals surface area contributed by atoms with Crippen LogP contribution in [0.15, 0.2) is 42.5 Å². The first-order chi connectivity index (χ1) is 14.4. The number of amides is 1. The molecule has 30 heavy (non-hydrogen) atoms. The van der Waals surface area contributed by atoms with Crippen LogP contribution in [0.5, 0.6) is 11.5 Å². The van der Waals surface area contributed by atoms with Crippen LogP contribution in [0, 0.1) is 0 Å². The van der Waals surface area contributed by atoms with Crippen LogP contribution in [0.3, 0.4) is 0 Å². The van der Waals surface area contributed by atoms with Crippen LogP contribution in [-0.4, -0.2) is 51.6 Å². The van der Waals surface area contributed by atoms with Gasteiger partial charge in [-0.2, -0.15) is 0 Å². The Balaban J connectivity index is 1.41. The van der Waals surface area contributed by atoms with Gasteiger partial charge in [-0.15, -0.1) is 0 Å². The van der Waals surface area contributed by atoms with E-state index in [4.69, 9.17) is 14.2 Å². The van der Waals surface area contributed by atoms with Crippen molar-refractivity contribution in [2.45, 2.75) is 12.8 Å². The fraction of sp³-hybridized carbons (Fsp3) is 0.318. The lowest BCUT2D eigenvalue weighted by Gasteiger charge is -2.18. The minimum atomic E-state index is -0.612. The van der Waals surface area contributed by atoms with Crippen molar-refractivity contribution in [2.24, 2.45) is 0 Å². The fourth-order valence-electron chi connectivity index (χ4n) is 2.83. The van der Waals surface area contributed by atoms with Gasteiger partial charge in [0, 0.05) is 37.5 Å². The van der Waals surface area contributed by atoms with Gasteiger partial charge in [-0.25, -0.2) is 0 Å². The van der Waals surface area contributed by atoms with Crippen LogP contribution in [0.2, 0.25) is 0 Å². The number of hydrogen-bond acceptors (Lipinski definition) is 7. The molecule has 2 aromatic rings. The molecule has 0 unspecified atom stereocenters. The van der Waals surface area contributed by atoms with E-state index in [1.165, 1.54) is 0 Å². The quantitative estimate of drug-likeness (QED) is 0.526. The third-order valence-electron chi connectivity index (χ3n) is 4.45. The van der Waals surface area contributed by atoms with Crippen molar-refractivity contribution < 1.29 is 28.6 Å². The molecule has 1 heterocycles. The lowest BCUT2D eigenvalue weighted by Crippen LogP contribution is -2.21. The molecular weight excluding hydrogens is 388 g/mol. The molecule has 0 aliphatic carbocycles. The third kappa shape index (κ3) is 5.73. The maximum atomic E-state index is 12.3. The van der Waals surface area contributed by atoms with Gasteiger partial charge < -0.3 is 24.4 Å². The number of nitrogens with one attached hydrogen (secondary N) is 1. The number of benzene rings is 2. The number of fused-ring (bicyclic) bond motifs is 1. The van der Waals surface area contributed by atoms with Gasteiger partial charge in [-0.3, -0.25) is 14.4 Å². The lowest BCUT2D eigenvalue weighted by atomic mass is 10.1. The van der Waals surface area contributed by atoms with Gasteiger partial charge in [0.2, 0.25) is 0 Å². The normalized spacial score (nSPS) is 12.1. The van der Waals surface area contributed by atoms with Gasteiger partial charge in [0.05, 0.1) is 6.42 Å². The molecule has 0 bridgehead atoms. The highest BCUT2D eigenvalue weighted by molar-refractivity contribution is 5.98. The number of hydrogen-bond donors (Lipinski definition) is 1. The summed E-state index contributed by atoms with van der Waals surface area (Å²) < 4.78 is 15.8. The highest BCUT2D eigenvalue weighted by Crippen LogP contribution is 2.31. The van der Waals surface area contributed by atoms with E-state index in [-0.39, 0.29) is 18.6 Å². The van der Waals surface area contributed by atoms with Crippen LogP contribution in [0.1, 0.15) is 23.2 Å². The number of ether oxygens (including phenoxy) is 3.